The largest absolute Gasteiger partial charge is 0.452 e. The Morgan fingerprint density at radius 2 is 1.38 bits per heavy atom. The molecule has 1 saturated heterocycles. The average molecular weight is 518 g/mol. The molecule has 2 aliphatic heterocycles. The molecule has 2 heterocycles. The molecule has 0 N–H and O–H groups in total. The molecule has 190 valence electrons. The van der Waals surface area contributed by atoms with Gasteiger partial charge in [-0.05, 0) is 43.3 Å². The first-order chi connectivity index (χ1) is 18.0. The zero-order chi connectivity index (χ0) is 25.8. The monoisotopic (exact) mass is 517 g/mol. The Balaban J connectivity index is 1.44. The van der Waals surface area contributed by atoms with Gasteiger partial charge in [-0.1, -0.05) is 54.1 Å². The second-order valence-electron chi connectivity index (χ2n) is 8.90. The summed E-state index contributed by atoms with van der Waals surface area (Å²) >= 11 is 1.56. The third-order valence-electron chi connectivity index (χ3n) is 6.17. The third kappa shape index (κ3) is 5.87. The van der Waals surface area contributed by atoms with Crippen molar-refractivity contribution in [2.75, 3.05) is 5.75 Å². The van der Waals surface area contributed by atoms with Crippen molar-refractivity contribution in [1.29, 1.82) is 0 Å². The predicted octanol–water partition coefficient (Wildman–Crippen LogP) is 5.08. The summed E-state index contributed by atoms with van der Waals surface area (Å²) in [6.07, 6.45) is -3.17. The molecule has 0 bridgehead atoms. The number of aryl methyl sites for hydroxylation is 1. The van der Waals surface area contributed by atoms with Gasteiger partial charge >= 0.3 is 11.9 Å². The number of benzene rings is 3. The van der Waals surface area contributed by atoms with Gasteiger partial charge in [-0.25, -0.2) is 14.6 Å². The molecule has 5 rings (SSSR count). The quantitative estimate of drug-likeness (QED) is 0.319. The van der Waals surface area contributed by atoms with E-state index < -0.39 is 42.6 Å². The fourth-order valence-electron chi connectivity index (χ4n) is 4.29. The highest BCUT2D eigenvalue weighted by molar-refractivity contribution is 7.99. The van der Waals surface area contributed by atoms with Crippen LogP contribution >= 0.6 is 11.8 Å². The van der Waals surface area contributed by atoms with E-state index >= 15 is 0 Å². The lowest BCUT2D eigenvalue weighted by atomic mass is 9.97. The van der Waals surface area contributed by atoms with Gasteiger partial charge in [0.15, 0.2) is 24.1 Å². The van der Waals surface area contributed by atoms with E-state index in [4.69, 9.17) is 18.9 Å². The fraction of sp³-hybridized carbons (Fsp3) is 0.276. The second-order valence-corrected chi connectivity index (χ2v) is 9.99. The third-order valence-corrected chi connectivity index (χ3v) is 7.27. The van der Waals surface area contributed by atoms with Gasteiger partial charge < -0.3 is 18.9 Å². The van der Waals surface area contributed by atoms with Crippen molar-refractivity contribution >= 4 is 29.6 Å². The minimum Gasteiger partial charge on any atom is -0.452 e. The molecule has 0 aromatic heterocycles. The first kappa shape index (κ1) is 25.0. The lowest BCUT2D eigenvalue weighted by Gasteiger charge is -2.41. The summed E-state index contributed by atoms with van der Waals surface area (Å²) in [5.41, 5.74) is 1.95. The summed E-state index contributed by atoms with van der Waals surface area (Å²) in [6, 6.07) is 24.9. The van der Waals surface area contributed by atoms with Crippen molar-refractivity contribution in [3.8, 4) is 0 Å². The molecular formula is C29H27NO6S. The number of carbonyl (C=O) groups is 2. The first-order valence-electron chi connectivity index (χ1n) is 12.1. The van der Waals surface area contributed by atoms with E-state index in [1.165, 1.54) is 0 Å². The minimum absolute atomic E-state index is 0.392. The lowest BCUT2D eigenvalue weighted by Crippen LogP contribution is -2.59. The molecule has 0 amide bonds. The molecule has 7 nitrogen and oxygen atoms in total. The van der Waals surface area contributed by atoms with Crippen LogP contribution in [0.4, 0.5) is 0 Å². The van der Waals surface area contributed by atoms with E-state index in [0.717, 1.165) is 10.5 Å². The first-order valence-corrected chi connectivity index (χ1v) is 13.0. The van der Waals surface area contributed by atoms with Crippen LogP contribution in [0, 0.1) is 6.92 Å². The van der Waals surface area contributed by atoms with Crippen LogP contribution in [0.25, 0.3) is 0 Å². The van der Waals surface area contributed by atoms with E-state index in [2.05, 4.69) is 4.99 Å². The maximum atomic E-state index is 13.1. The number of aliphatic imine (C=N–C) groups is 1. The number of ether oxygens (including phenoxy) is 4. The highest BCUT2D eigenvalue weighted by atomic mass is 32.2. The Morgan fingerprint density at radius 3 is 1.97 bits per heavy atom. The summed E-state index contributed by atoms with van der Waals surface area (Å²) in [4.78, 5) is 31.8. The maximum Gasteiger partial charge on any atom is 0.338 e. The number of nitrogens with zero attached hydrogens (tertiary/aromatic N) is 1. The number of esters is 2. The molecular weight excluding hydrogens is 490 g/mol. The van der Waals surface area contributed by atoms with E-state index in [0.29, 0.717) is 22.8 Å². The normalized spacial score (nSPS) is 24.4. The fourth-order valence-corrected chi connectivity index (χ4v) is 5.24. The van der Waals surface area contributed by atoms with E-state index in [1.807, 2.05) is 43.3 Å². The molecule has 37 heavy (non-hydrogen) atoms. The number of carbonyl (C=O) groups excluding carboxylic acids is 2. The smallest absolute Gasteiger partial charge is 0.338 e. The van der Waals surface area contributed by atoms with Crippen LogP contribution in [0.5, 0.6) is 0 Å². The topological polar surface area (TPSA) is 83.4 Å². The molecule has 0 unspecified atom stereocenters. The number of hydrogen-bond acceptors (Lipinski definition) is 8. The van der Waals surface area contributed by atoms with Gasteiger partial charge in [0.05, 0.1) is 11.1 Å². The summed E-state index contributed by atoms with van der Waals surface area (Å²) in [5, 5.41) is 0. The predicted molar refractivity (Wildman–Crippen MR) is 140 cm³/mol. The number of rotatable bonds is 7. The molecule has 3 aromatic carbocycles. The number of hydrogen-bond donors (Lipinski definition) is 0. The van der Waals surface area contributed by atoms with Gasteiger partial charge in [-0.15, -0.1) is 11.8 Å². The van der Waals surface area contributed by atoms with Crippen LogP contribution in [-0.4, -0.2) is 54.2 Å². The molecule has 0 aliphatic carbocycles. The zero-order valence-electron chi connectivity index (χ0n) is 20.5. The summed E-state index contributed by atoms with van der Waals surface area (Å²) in [5.74, 6) is -0.188. The molecule has 0 saturated carbocycles. The van der Waals surface area contributed by atoms with Crippen LogP contribution in [0.15, 0.2) is 94.8 Å². The number of fused-ring (bicyclic) bond motifs is 1. The van der Waals surface area contributed by atoms with Crippen LogP contribution in [0.3, 0.4) is 0 Å². The summed E-state index contributed by atoms with van der Waals surface area (Å²) in [6.45, 7) is 3.75. The Hall–Kier alpha value is -3.62. The van der Waals surface area contributed by atoms with Crippen molar-refractivity contribution in [3.63, 3.8) is 0 Å². The lowest BCUT2D eigenvalue weighted by molar-refractivity contribution is -0.219. The van der Waals surface area contributed by atoms with Crippen molar-refractivity contribution in [1.82, 2.24) is 0 Å². The second kappa shape index (κ2) is 11.2. The van der Waals surface area contributed by atoms with Gasteiger partial charge in [-0.2, -0.15) is 0 Å². The van der Waals surface area contributed by atoms with Crippen LogP contribution < -0.4 is 0 Å². The summed E-state index contributed by atoms with van der Waals surface area (Å²) in [7, 11) is 0. The van der Waals surface area contributed by atoms with Gasteiger partial charge in [0.2, 0.25) is 6.29 Å². The Kier molecular flexibility index (Phi) is 7.58. The van der Waals surface area contributed by atoms with Crippen molar-refractivity contribution < 1.29 is 28.5 Å². The summed E-state index contributed by atoms with van der Waals surface area (Å²) < 4.78 is 24.1. The molecule has 0 radical (unpaired) electrons. The maximum absolute atomic E-state index is 13.1. The van der Waals surface area contributed by atoms with Crippen molar-refractivity contribution in [2.45, 2.75) is 49.4 Å². The van der Waals surface area contributed by atoms with Gasteiger partial charge in [0.1, 0.15) is 6.10 Å². The van der Waals surface area contributed by atoms with Gasteiger partial charge in [0.25, 0.3) is 0 Å². The molecule has 0 spiro atoms. The van der Waals surface area contributed by atoms with E-state index in [9.17, 15) is 9.59 Å². The highest BCUT2D eigenvalue weighted by Gasteiger charge is 2.53. The SMILES string of the molecule is CC1=N[C@H]2[C@@H](O1)O[C@H](CSc1ccc(C)cc1)[C@@H](OC(=O)c1ccccc1)[C@@H]2OC(=O)c1ccccc1. The van der Waals surface area contributed by atoms with Crippen LogP contribution in [0.2, 0.25) is 0 Å². The zero-order valence-corrected chi connectivity index (χ0v) is 21.3. The van der Waals surface area contributed by atoms with E-state index in [1.54, 1.807) is 67.2 Å². The number of thioether (sulfide) groups is 1. The van der Waals surface area contributed by atoms with Crippen molar-refractivity contribution in [3.05, 3.63) is 102 Å². The van der Waals surface area contributed by atoms with Crippen LogP contribution in [0.1, 0.15) is 33.2 Å². The van der Waals surface area contributed by atoms with Gasteiger partial charge in [-0.3, -0.25) is 0 Å². The molecule has 1 fully saturated rings. The Labute approximate surface area is 219 Å². The van der Waals surface area contributed by atoms with Crippen molar-refractivity contribution in [2.24, 2.45) is 4.99 Å². The standard InChI is InChI=1S/C29H27NO6S/c1-18-13-15-22(16-14-18)37-17-23-25(35-27(31)20-9-5-3-6-10-20)26(24-29(34-23)33-19(2)30-24)36-28(32)21-11-7-4-8-12-21/h3-16,23-26,29H,17H2,1-2H3/t23-,24-,25-,26-,29+/m1/s1. The average Bonchev–Trinajstić information content (AvgIpc) is 3.30. The molecule has 5 atom stereocenters. The molecule has 2 aliphatic rings. The van der Waals surface area contributed by atoms with Crippen LogP contribution in [-0.2, 0) is 18.9 Å². The highest BCUT2D eigenvalue weighted by Crippen LogP contribution is 2.35. The minimum atomic E-state index is -0.905. The molecule has 8 heteroatoms. The Bertz CT molecular complexity index is 1260. The molecule has 3 aromatic rings. The van der Waals surface area contributed by atoms with E-state index in [-0.39, 0.29) is 0 Å². The Morgan fingerprint density at radius 1 is 0.811 bits per heavy atom. The van der Waals surface area contributed by atoms with Gasteiger partial charge in [0, 0.05) is 17.6 Å².